The third-order valence-corrected chi connectivity index (χ3v) is 6.11. The topological polar surface area (TPSA) is 64.6 Å². The predicted octanol–water partition coefficient (Wildman–Crippen LogP) is 4.76. The van der Waals surface area contributed by atoms with Crippen LogP contribution >= 0.6 is 0 Å². The zero-order chi connectivity index (χ0) is 22.8. The van der Waals surface area contributed by atoms with Crippen LogP contribution in [-0.4, -0.2) is 25.5 Å². The van der Waals surface area contributed by atoms with E-state index in [1.807, 2.05) is 31.2 Å². The molecule has 1 heterocycles. The fraction of sp³-hybridized carbons (Fsp3) is 0.308. The summed E-state index contributed by atoms with van der Waals surface area (Å²) in [7, 11) is 1.62. The second-order valence-electron chi connectivity index (χ2n) is 8.03. The average molecular weight is 435 g/mol. The van der Waals surface area contributed by atoms with Crippen LogP contribution in [0.2, 0.25) is 0 Å². The molecule has 2 aromatic carbocycles. The number of carbonyl (C=O) groups is 2. The minimum Gasteiger partial charge on any atom is -0.496 e. The van der Waals surface area contributed by atoms with Crippen LogP contribution in [-0.2, 0) is 14.3 Å². The highest BCUT2D eigenvalue weighted by molar-refractivity contribution is 6.04. The number of benzene rings is 2. The van der Waals surface area contributed by atoms with Gasteiger partial charge in [-0.3, -0.25) is 4.79 Å². The number of ether oxygens (including phenoxy) is 2. The maximum atomic E-state index is 13.6. The quantitative estimate of drug-likeness (QED) is 0.686. The van der Waals surface area contributed by atoms with Crippen LogP contribution in [0.3, 0.4) is 0 Å². The molecule has 0 radical (unpaired) electrons. The van der Waals surface area contributed by atoms with Gasteiger partial charge >= 0.3 is 5.97 Å². The van der Waals surface area contributed by atoms with E-state index in [0.717, 1.165) is 17.0 Å². The first kappa shape index (κ1) is 21.8. The molecule has 2 aromatic rings. The number of Topliss-reactive ketones (excluding diaryl/α,β-unsaturated/α-hetero) is 1. The molecule has 0 saturated heterocycles. The summed E-state index contributed by atoms with van der Waals surface area (Å²) in [6.07, 6.45) is 0.903. The molecule has 0 amide bonds. The number of hydrogen-bond acceptors (Lipinski definition) is 5. The number of allylic oxidation sites excluding steroid dienone is 3. The maximum Gasteiger partial charge on any atom is 0.336 e. The lowest BCUT2D eigenvalue weighted by atomic mass is 9.71. The summed E-state index contributed by atoms with van der Waals surface area (Å²) >= 11 is 0. The van der Waals surface area contributed by atoms with Crippen LogP contribution in [0.25, 0.3) is 0 Å². The fourth-order valence-corrected chi connectivity index (χ4v) is 4.73. The summed E-state index contributed by atoms with van der Waals surface area (Å²) in [5.41, 5.74) is 4.04. The van der Waals surface area contributed by atoms with Gasteiger partial charge in [0.25, 0.3) is 0 Å². The van der Waals surface area contributed by atoms with Crippen molar-refractivity contribution in [1.29, 1.82) is 0 Å². The lowest BCUT2D eigenvalue weighted by molar-refractivity contribution is -0.138. The number of dihydropyridines is 1. The van der Waals surface area contributed by atoms with E-state index in [0.29, 0.717) is 35.2 Å². The van der Waals surface area contributed by atoms with E-state index in [2.05, 4.69) is 5.32 Å². The minimum absolute atomic E-state index is 0.0433. The molecule has 2 atom stereocenters. The first-order chi connectivity index (χ1) is 15.4. The van der Waals surface area contributed by atoms with Crippen LogP contribution in [0.15, 0.2) is 71.1 Å². The van der Waals surface area contributed by atoms with Crippen molar-refractivity contribution in [2.75, 3.05) is 13.7 Å². The van der Waals surface area contributed by atoms with Crippen LogP contribution < -0.4 is 10.1 Å². The van der Waals surface area contributed by atoms with Crippen LogP contribution in [0.1, 0.15) is 49.7 Å². The first-order valence-electron chi connectivity index (χ1n) is 10.7. The van der Waals surface area contributed by atoms with Gasteiger partial charge in [-0.1, -0.05) is 30.3 Å². The van der Waals surface area contributed by atoms with Crippen LogP contribution in [0.5, 0.6) is 5.75 Å². The summed E-state index contributed by atoms with van der Waals surface area (Å²) in [5.74, 6) is -0.787. The Bertz CT molecular complexity index is 1120. The summed E-state index contributed by atoms with van der Waals surface area (Å²) in [5, 5.41) is 3.31. The van der Waals surface area contributed by atoms with Crippen molar-refractivity contribution in [3.63, 3.8) is 0 Å². The smallest absolute Gasteiger partial charge is 0.336 e. The molecule has 32 heavy (non-hydrogen) atoms. The van der Waals surface area contributed by atoms with E-state index < -0.39 is 11.9 Å². The molecule has 0 aromatic heterocycles. The number of carbonyl (C=O) groups excluding carboxylic acids is 2. The zero-order valence-corrected chi connectivity index (χ0v) is 18.4. The molecule has 166 valence electrons. The Kier molecular flexibility index (Phi) is 6.12. The molecule has 0 spiro atoms. The molecular formula is C26H26FNO4. The van der Waals surface area contributed by atoms with Crippen molar-refractivity contribution in [3.8, 4) is 5.75 Å². The van der Waals surface area contributed by atoms with Crippen molar-refractivity contribution in [2.45, 2.75) is 38.5 Å². The molecule has 1 aliphatic carbocycles. The standard InChI is InChI=1S/C26H26FNO4/c1-4-32-26(30)23-15(2)28-20-13-17(19-7-5-6-8-22(19)31-3)14-21(29)25(20)24(23)16-9-11-18(27)12-10-16/h5-12,17,24,28H,4,13-14H2,1-3H3. The summed E-state index contributed by atoms with van der Waals surface area (Å²) in [6, 6.07) is 13.7. The van der Waals surface area contributed by atoms with E-state index >= 15 is 0 Å². The zero-order valence-electron chi connectivity index (χ0n) is 18.4. The number of rotatable bonds is 5. The molecular weight excluding hydrogens is 409 g/mol. The molecule has 1 N–H and O–H groups in total. The summed E-state index contributed by atoms with van der Waals surface area (Å²) in [6.45, 7) is 3.77. The SMILES string of the molecule is CCOC(=O)C1=C(C)NC2=C(C(=O)CC(c3ccccc3OC)C2)C1c1ccc(F)cc1. The fourth-order valence-electron chi connectivity index (χ4n) is 4.73. The average Bonchev–Trinajstić information content (AvgIpc) is 2.78. The van der Waals surface area contributed by atoms with Gasteiger partial charge in [0, 0.05) is 35.2 Å². The van der Waals surface area contributed by atoms with Gasteiger partial charge in [-0.15, -0.1) is 0 Å². The number of esters is 1. The molecule has 1 aliphatic heterocycles. The van der Waals surface area contributed by atoms with Crippen LogP contribution in [0, 0.1) is 5.82 Å². The van der Waals surface area contributed by atoms with Gasteiger partial charge in [0.15, 0.2) is 5.78 Å². The molecule has 0 saturated carbocycles. The van der Waals surface area contributed by atoms with Crippen LogP contribution in [0.4, 0.5) is 4.39 Å². The van der Waals surface area contributed by atoms with Crippen molar-refractivity contribution in [2.24, 2.45) is 0 Å². The Labute approximate surface area is 186 Å². The van der Waals surface area contributed by atoms with Gasteiger partial charge in [-0.25, -0.2) is 9.18 Å². The Morgan fingerprint density at radius 3 is 2.53 bits per heavy atom. The highest BCUT2D eigenvalue weighted by Crippen LogP contribution is 2.46. The van der Waals surface area contributed by atoms with Crippen molar-refractivity contribution >= 4 is 11.8 Å². The molecule has 2 aliphatic rings. The largest absolute Gasteiger partial charge is 0.496 e. The Morgan fingerprint density at radius 2 is 1.84 bits per heavy atom. The molecule has 5 nitrogen and oxygen atoms in total. The molecule has 0 fully saturated rings. The van der Waals surface area contributed by atoms with E-state index in [9.17, 15) is 14.0 Å². The molecule has 2 unspecified atom stereocenters. The number of methoxy groups -OCH3 is 1. The monoisotopic (exact) mass is 435 g/mol. The van der Waals surface area contributed by atoms with Gasteiger partial charge in [-0.05, 0) is 49.6 Å². The predicted molar refractivity (Wildman–Crippen MR) is 119 cm³/mol. The normalized spacial score (nSPS) is 20.6. The minimum atomic E-state index is -0.600. The highest BCUT2D eigenvalue weighted by Gasteiger charge is 2.41. The van der Waals surface area contributed by atoms with E-state index in [4.69, 9.17) is 9.47 Å². The van der Waals surface area contributed by atoms with E-state index in [1.165, 1.54) is 12.1 Å². The van der Waals surface area contributed by atoms with Crippen molar-refractivity contribution < 1.29 is 23.5 Å². The van der Waals surface area contributed by atoms with E-state index in [-0.39, 0.29) is 24.1 Å². The van der Waals surface area contributed by atoms with Gasteiger partial charge in [0.1, 0.15) is 11.6 Å². The summed E-state index contributed by atoms with van der Waals surface area (Å²) in [4.78, 5) is 26.4. The first-order valence-corrected chi connectivity index (χ1v) is 10.7. The van der Waals surface area contributed by atoms with Gasteiger partial charge in [-0.2, -0.15) is 0 Å². The Balaban J connectivity index is 1.80. The Hall–Kier alpha value is -3.41. The number of nitrogens with one attached hydrogen (secondary N) is 1. The van der Waals surface area contributed by atoms with E-state index in [1.54, 1.807) is 26.2 Å². The molecule has 4 rings (SSSR count). The second kappa shape index (κ2) is 8.99. The number of hydrogen-bond donors (Lipinski definition) is 1. The third kappa shape index (κ3) is 3.93. The van der Waals surface area contributed by atoms with Gasteiger partial charge in [0.05, 0.1) is 19.3 Å². The molecule has 0 bridgehead atoms. The van der Waals surface area contributed by atoms with Crippen molar-refractivity contribution in [3.05, 3.63) is 88.0 Å². The summed E-state index contributed by atoms with van der Waals surface area (Å²) < 4.78 is 24.4. The van der Waals surface area contributed by atoms with Gasteiger partial charge in [0.2, 0.25) is 0 Å². The number of ketones is 1. The molecule has 6 heteroatoms. The maximum absolute atomic E-state index is 13.6. The number of para-hydroxylation sites is 1. The Morgan fingerprint density at radius 1 is 1.12 bits per heavy atom. The van der Waals surface area contributed by atoms with Gasteiger partial charge < -0.3 is 14.8 Å². The lowest BCUT2D eigenvalue weighted by Crippen LogP contribution is -2.36. The second-order valence-corrected chi connectivity index (χ2v) is 8.03. The van der Waals surface area contributed by atoms with Crippen molar-refractivity contribution in [1.82, 2.24) is 5.32 Å². The number of halogens is 1. The third-order valence-electron chi connectivity index (χ3n) is 6.11. The highest BCUT2D eigenvalue weighted by atomic mass is 19.1. The lowest BCUT2D eigenvalue weighted by Gasteiger charge is -2.37.